The van der Waals surface area contributed by atoms with E-state index in [1.54, 1.807) is 34.8 Å². The van der Waals surface area contributed by atoms with Crippen LogP contribution >= 0.6 is 23.4 Å². The third kappa shape index (κ3) is 2.91. The van der Waals surface area contributed by atoms with Gasteiger partial charge >= 0.3 is 0 Å². The number of carbonyl (C=O) groups excluding carboxylic acids is 1. The summed E-state index contributed by atoms with van der Waals surface area (Å²) in [7, 11) is 1.84. The number of ketones is 1. The van der Waals surface area contributed by atoms with Crippen LogP contribution in [-0.2, 0) is 12.8 Å². The molecule has 0 aromatic carbocycles. The number of halogens is 1. The van der Waals surface area contributed by atoms with E-state index in [0.717, 1.165) is 16.5 Å². The van der Waals surface area contributed by atoms with Gasteiger partial charge in [-0.3, -0.25) is 4.79 Å². The van der Waals surface area contributed by atoms with E-state index in [4.69, 9.17) is 11.6 Å². The summed E-state index contributed by atoms with van der Waals surface area (Å²) in [6.45, 7) is 1.54. The Morgan fingerprint density at radius 1 is 1.39 bits per heavy atom. The highest BCUT2D eigenvalue weighted by molar-refractivity contribution is 7.98. The second kappa shape index (κ2) is 5.54. The van der Waals surface area contributed by atoms with Gasteiger partial charge in [-0.05, 0) is 11.6 Å². The minimum atomic E-state index is 0.0185. The first-order chi connectivity index (χ1) is 8.58. The van der Waals surface area contributed by atoms with Crippen LogP contribution in [0.25, 0.3) is 0 Å². The second-order valence-electron chi connectivity index (χ2n) is 3.82. The number of hydrogen-bond acceptors (Lipinski definition) is 4. The van der Waals surface area contributed by atoms with Gasteiger partial charge in [0, 0.05) is 25.9 Å². The Morgan fingerprint density at radius 2 is 2.17 bits per heavy atom. The molecule has 4 nitrogen and oxygen atoms in total. The van der Waals surface area contributed by atoms with E-state index in [-0.39, 0.29) is 5.78 Å². The van der Waals surface area contributed by atoms with Crippen molar-refractivity contribution in [3.8, 4) is 0 Å². The number of rotatable bonds is 4. The Bertz CT molecular complexity index is 565. The molecule has 18 heavy (non-hydrogen) atoms. The lowest BCUT2D eigenvalue weighted by Gasteiger charge is -2.03. The Hall–Kier alpha value is -1.33. The molecule has 0 aliphatic carbocycles. The largest absolute Gasteiger partial charge is 0.320 e. The van der Waals surface area contributed by atoms with Crippen LogP contribution in [0, 0.1) is 0 Å². The van der Waals surface area contributed by atoms with Gasteiger partial charge in [0.1, 0.15) is 10.8 Å². The van der Waals surface area contributed by atoms with E-state index in [9.17, 15) is 4.79 Å². The molecule has 2 aromatic rings. The van der Waals surface area contributed by atoms with Crippen LogP contribution in [0.5, 0.6) is 0 Å². The maximum absolute atomic E-state index is 11.3. The van der Waals surface area contributed by atoms with Crippen LogP contribution in [0.1, 0.15) is 23.0 Å². The molecule has 0 bridgehead atoms. The van der Waals surface area contributed by atoms with E-state index >= 15 is 0 Å². The zero-order valence-electron chi connectivity index (χ0n) is 10.1. The first-order valence-corrected chi connectivity index (χ1v) is 6.70. The van der Waals surface area contributed by atoms with Crippen LogP contribution in [0.3, 0.4) is 0 Å². The quantitative estimate of drug-likeness (QED) is 0.491. The number of imidazole rings is 1. The van der Waals surface area contributed by atoms with E-state index < -0.39 is 0 Å². The standard InChI is InChI=1S/C12H12ClN3OS/c1-8(17)10-6-15-12(16(10)2)18-7-9-3-4-11(13)14-5-9/h3-6H,7H2,1-2H3. The molecule has 94 valence electrons. The van der Waals surface area contributed by atoms with Gasteiger partial charge < -0.3 is 4.57 Å². The number of thioether (sulfide) groups is 1. The lowest BCUT2D eigenvalue weighted by molar-refractivity contribution is 0.100. The van der Waals surface area contributed by atoms with Crippen LogP contribution in [0.4, 0.5) is 0 Å². The Morgan fingerprint density at radius 3 is 2.72 bits per heavy atom. The molecule has 0 saturated carbocycles. The van der Waals surface area contributed by atoms with Crippen molar-refractivity contribution in [1.29, 1.82) is 0 Å². The highest BCUT2D eigenvalue weighted by Gasteiger charge is 2.10. The lowest BCUT2D eigenvalue weighted by Crippen LogP contribution is -2.02. The summed E-state index contributed by atoms with van der Waals surface area (Å²) in [6, 6.07) is 3.69. The molecule has 0 unspecified atom stereocenters. The summed E-state index contributed by atoms with van der Waals surface area (Å²) in [5.74, 6) is 0.761. The highest BCUT2D eigenvalue weighted by atomic mass is 35.5. The van der Waals surface area contributed by atoms with Crippen molar-refractivity contribution in [2.75, 3.05) is 0 Å². The maximum Gasteiger partial charge on any atom is 0.177 e. The Labute approximate surface area is 114 Å². The number of aromatic nitrogens is 3. The Balaban J connectivity index is 2.06. The topological polar surface area (TPSA) is 47.8 Å². The SMILES string of the molecule is CC(=O)c1cnc(SCc2ccc(Cl)nc2)n1C. The average molecular weight is 282 g/mol. The molecular formula is C12H12ClN3OS. The summed E-state index contributed by atoms with van der Waals surface area (Å²) >= 11 is 7.28. The summed E-state index contributed by atoms with van der Waals surface area (Å²) in [4.78, 5) is 19.5. The first kappa shape index (κ1) is 13.1. The number of nitrogens with zero attached hydrogens (tertiary/aromatic N) is 3. The first-order valence-electron chi connectivity index (χ1n) is 5.34. The normalized spacial score (nSPS) is 10.6. The molecule has 6 heteroatoms. The van der Waals surface area contributed by atoms with Crippen molar-refractivity contribution in [2.24, 2.45) is 7.05 Å². The van der Waals surface area contributed by atoms with Gasteiger partial charge in [-0.25, -0.2) is 9.97 Å². The lowest BCUT2D eigenvalue weighted by atomic mass is 10.3. The molecule has 0 atom stereocenters. The van der Waals surface area contributed by atoms with E-state index in [1.807, 2.05) is 13.1 Å². The molecule has 0 radical (unpaired) electrons. The fraction of sp³-hybridized carbons (Fsp3) is 0.250. The molecule has 0 N–H and O–H groups in total. The molecule has 0 spiro atoms. The minimum Gasteiger partial charge on any atom is -0.320 e. The fourth-order valence-electron chi connectivity index (χ4n) is 1.49. The van der Waals surface area contributed by atoms with Crippen LogP contribution in [0.15, 0.2) is 29.7 Å². The van der Waals surface area contributed by atoms with E-state index in [1.165, 1.54) is 6.92 Å². The molecule has 0 saturated heterocycles. The van der Waals surface area contributed by atoms with Crippen molar-refractivity contribution in [2.45, 2.75) is 17.8 Å². The van der Waals surface area contributed by atoms with Crippen LogP contribution in [0.2, 0.25) is 5.15 Å². The monoisotopic (exact) mass is 281 g/mol. The van der Waals surface area contributed by atoms with Gasteiger partial charge in [0.05, 0.1) is 6.20 Å². The zero-order chi connectivity index (χ0) is 13.1. The summed E-state index contributed by atoms with van der Waals surface area (Å²) in [5.41, 5.74) is 1.68. The van der Waals surface area contributed by atoms with Gasteiger partial charge in [-0.2, -0.15) is 0 Å². The molecule has 0 aliphatic heterocycles. The molecule has 0 aliphatic rings. The summed E-state index contributed by atoms with van der Waals surface area (Å²) in [5, 5.41) is 1.30. The molecule has 2 rings (SSSR count). The molecule has 0 fully saturated rings. The van der Waals surface area contributed by atoms with Gasteiger partial charge in [0.15, 0.2) is 10.9 Å². The van der Waals surface area contributed by atoms with Crippen molar-refractivity contribution in [1.82, 2.24) is 14.5 Å². The minimum absolute atomic E-state index is 0.0185. The predicted molar refractivity (Wildman–Crippen MR) is 72.0 cm³/mol. The average Bonchev–Trinajstić information content (AvgIpc) is 2.70. The maximum atomic E-state index is 11.3. The second-order valence-corrected chi connectivity index (χ2v) is 5.15. The highest BCUT2D eigenvalue weighted by Crippen LogP contribution is 2.22. The third-order valence-corrected chi connectivity index (χ3v) is 3.80. The summed E-state index contributed by atoms with van der Waals surface area (Å²) < 4.78 is 1.80. The number of pyridine rings is 1. The van der Waals surface area contributed by atoms with Gasteiger partial charge in [0.2, 0.25) is 0 Å². The Kier molecular flexibility index (Phi) is 4.04. The van der Waals surface area contributed by atoms with Gasteiger partial charge in [0.25, 0.3) is 0 Å². The van der Waals surface area contributed by atoms with Gasteiger partial charge in [-0.1, -0.05) is 29.4 Å². The van der Waals surface area contributed by atoms with Crippen molar-refractivity contribution in [3.05, 3.63) is 40.9 Å². The predicted octanol–water partition coefficient (Wildman–Crippen LogP) is 2.96. The van der Waals surface area contributed by atoms with Crippen molar-refractivity contribution in [3.63, 3.8) is 0 Å². The van der Waals surface area contributed by atoms with E-state index in [0.29, 0.717) is 10.8 Å². The van der Waals surface area contributed by atoms with Crippen molar-refractivity contribution < 1.29 is 4.79 Å². The van der Waals surface area contributed by atoms with Gasteiger partial charge in [-0.15, -0.1) is 0 Å². The van der Waals surface area contributed by atoms with Crippen LogP contribution < -0.4 is 0 Å². The molecular weight excluding hydrogens is 270 g/mol. The summed E-state index contributed by atoms with van der Waals surface area (Å²) in [6.07, 6.45) is 3.34. The number of hydrogen-bond donors (Lipinski definition) is 0. The number of Topliss-reactive ketones (excluding diaryl/α,β-unsaturated/α-hetero) is 1. The number of carbonyl (C=O) groups is 1. The fourth-order valence-corrected chi connectivity index (χ4v) is 2.49. The van der Waals surface area contributed by atoms with Crippen molar-refractivity contribution >= 4 is 29.1 Å². The molecule has 0 amide bonds. The molecule has 2 aromatic heterocycles. The zero-order valence-corrected chi connectivity index (χ0v) is 11.6. The third-order valence-electron chi connectivity index (χ3n) is 2.46. The van der Waals surface area contributed by atoms with E-state index in [2.05, 4.69) is 9.97 Å². The molecule has 2 heterocycles. The smallest absolute Gasteiger partial charge is 0.177 e. The van der Waals surface area contributed by atoms with Crippen LogP contribution in [-0.4, -0.2) is 20.3 Å².